The van der Waals surface area contributed by atoms with Crippen LogP contribution in [0, 0.1) is 17.6 Å². The minimum Gasteiger partial charge on any atom is -0.369 e. The number of carbonyl (C=O) groups is 1. The van der Waals surface area contributed by atoms with E-state index in [1.165, 1.54) is 6.07 Å². The number of aromatic nitrogens is 3. The quantitative estimate of drug-likeness (QED) is 0.391. The molecule has 0 bridgehead atoms. The first-order valence-electron chi connectivity index (χ1n) is 10.1. The molecule has 0 aliphatic rings. The molecule has 0 saturated carbocycles. The van der Waals surface area contributed by atoms with Gasteiger partial charge >= 0.3 is 0 Å². The zero-order valence-electron chi connectivity index (χ0n) is 17.3. The Labute approximate surface area is 192 Å². The first-order valence-corrected chi connectivity index (χ1v) is 10.9. The smallest absolute Gasteiger partial charge is 0.221 e. The molecular formula is C24H21BrF2N4O. The molecule has 4 aromatic rings. The Bertz CT molecular complexity index is 1270. The summed E-state index contributed by atoms with van der Waals surface area (Å²) in [4.78, 5) is 21.5. The van der Waals surface area contributed by atoms with Gasteiger partial charge in [0.1, 0.15) is 11.3 Å². The van der Waals surface area contributed by atoms with Crippen molar-refractivity contribution >= 4 is 33.0 Å². The second-order valence-corrected chi connectivity index (χ2v) is 8.68. The van der Waals surface area contributed by atoms with E-state index in [1.807, 2.05) is 41.8 Å². The van der Waals surface area contributed by atoms with Crippen molar-refractivity contribution in [2.75, 3.05) is 0 Å². The summed E-state index contributed by atoms with van der Waals surface area (Å²) in [5.74, 6) is -2.31. The largest absolute Gasteiger partial charge is 0.369 e. The number of fused-ring (bicyclic) bond motifs is 1. The highest BCUT2D eigenvalue weighted by Gasteiger charge is 2.27. The molecule has 0 fully saturated rings. The topological polar surface area (TPSA) is 73.8 Å². The van der Waals surface area contributed by atoms with E-state index < -0.39 is 23.5 Å². The molecule has 0 saturated heterocycles. The summed E-state index contributed by atoms with van der Waals surface area (Å²) in [7, 11) is 0. The van der Waals surface area contributed by atoms with Crippen molar-refractivity contribution in [2.24, 2.45) is 11.7 Å². The van der Waals surface area contributed by atoms with Crippen LogP contribution < -0.4 is 5.73 Å². The van der Waals surface area contributed by atoms with Crippen LogP contribution in [0.1, 0.15) is 29.8 Å². The fourth-order valence-electron chi connectivity index (χ4n) is 3.87. The van der Waals surface area contributed by atoms with Crippen LogP contribution in [0.5, 0.6) is 0 Å². The van der Waals surface area contributed by atoms with Crippen molar-refractivity contribution in [3.63, 3.8) is 0 Å². The lowest BCUT2D eigenvalue weighted by Gasteiger charge is -2.22. The van der Waals surface area contributed by atoms with Crippen molar-refractivity contribution < 1.29 is 13.6 Å². The monoisotopic (exact) mass is 498 g/mol. The fraction of sp³-hybridized carbons (Fsp3) is 0.208. The highest BCUT2D eigenvalue weighted by Crippen LogP contribution is 2.29. The molecule has 0 aliphatic heterocycles. The number of pyridine rings is 1. The molecule has 4 rings (SSSR count). The van der Waals surface area contributed by atoms with Crippen molar-refractivity contribution in [3.05, 3.63) is 93.9 Å². The molecule has 5 nitrogen and oxygen atoms in total. The number of rotatable bonds is 7. The lowest BCUT2D eigenvalue weighted by Crippen LogP contribution is -2.30. The van der Waals surface area contributed by atoms with Crippen molar-refractivity contribution in [2.45, 2.75) is 25.8 Å². The number of benzene rings is 2. The van der Waals surface area contributed by atoms with Crippen LogP contribution in [0.25, 0.3) is 11.2 Å². The van der Waals surface area contributed by atoms with E-state index >= 15 is 0 Å². The minimum atomic E-state index is -0.916. The van der Waals surface area contributed by atoms with Crippen LogP contribution in [0.2, 0.25) is 0 Å². The minimum absolute atomic E-state index is 0.148. The molecule has 2 heterocycles. The molecule has 2 aromatic carbocycles. The first-order chi connectivity index (χ1) is 15.3. The van der Waals surface area contributed by atoms with E-state index in [2.05, 4.69) is 25.9 Å². The van der Waals surface area contributed by atoms with E-state index in [0.29, 0.717) is 22.6 Å². The predicted molar refractivity (Wildman–Crippen MR) is 122 cm³/mol. The standard InChI is InChI=1S/C24H21BrF2N4O/c1-14(16-5-7-17(25)8-6-16)18(23(28)32)12-22-30-21-3-2-10-29-24(21)31(22)13-15-4-9-19(26)20(27)11-15/h2-11,14,18H,12-13H2,1H3,(H2,28,32)/t14-,18?/m1/s1. The van der Waals surface area contributed by atoms with Crippen LogP contribution in [-0.4, -0.2) is 20.4 Å². The zero-order valence-corrected chi connectivity index (χ0v) is 18.9. The van der Waals surface area contributed by atoms with Crippen molar-refractivity contribution in [1.82, 2.24) is 14.5 Å². The van der Waals surface area contributed by atoms with Gasteiger partial charge in [-0.3, -0.25) is 4.79 Å². The highest BCUT2D eigenvalue weighted by molar-refractivity contribution is 9.10. The number of hydrogen-bond acceptors (Lipinski definition) is 3. The number of hydrogen-bond donors (Lipinski definition) is 1. The summed E-state index contributed by atoms with van der Waals surface area (Å²) in [6.07, 6.45) is 1.93. The zero-order chi connectivity index (χ0) is 22.8. The molecule has 164 valence electrons. The number of amides is 1. The second kappa shape index (κ2) is 9.16. The van der Waals surface area contributed by atoms with E-state index in [4.69, 9.17) is 5.73 Å². The molecule has 0 radical (unpaired) electrons. The van der Waals surface area contributed by atoms with Gasteiger partial charge in [0.15, 0.2) is 17.3 Å². The summed E-state index contributed by atoms with van der Waals surface area (Å²) in [5, 5.41) is 0. The molecular weight excluding hydrogens is 478 g/mol. The molecule has 8 heteroatoms. The van der Waals surface area contributed by atoms with E-state index in [9.17, 15) is 13.6 Å². The van der Waals surface area contributed by atoms with E-state index in [-0.39, 0.29) is 18.9 Å². The third-order valence-corrected chi connectivity index (χ3v) is 6.20. The van der Waals surface area contributed by atoms with Crippen LogP contribution >= 0.6 is 15.9 Å². The van der Waals surface area contributed by atoms with Crippen LogP contribution in [-0.2, 0) is 17.8 Å². The number of carbonyl (C=O) groups excluding carboxylic acids is 1. The van der Waals surface area contributed by atoms with Gasteiger partial charge in [-0.05, 0) is 53.4 Å². The van der Waals surface area contributed by atoms with Gasteiger partial charge in [0.05, 0.1) is 12.5 Å². The molecule has 1 amide bonds. The lowest BCUT2D eigenvalue weighted by molar-refractivity contribution is -0.122. The number of nitrogens with zero attached hydrogens (tertiary/aromatic N) is 3. The lowest BCUT2D eigenvalue weighted by atomic mass is 9.84. The van der Waals surface area contributed by atoms with Gasteiger partial charge in [-0.1, -0.05) is 41.1 Å². The average molecular weight is 499 g/mol. The Morgan fingerprint density at radius 2 is 1.88 bits per heavy atom. The van der Waals surface area contributed by atoms with Crippen molar-refractivity contribution in [3.8, 4) is 0 Å². The number of imidazole rings is 1. The van der Waals surface area contributed by atoms with Gasteiger partial charge in [-0.2, -0.15) is 0 Å². The summed E-state index contributed by atoms with van der Waals surface area (Å²) < 4.78 is 29.9. The van der Waals surface area contributed by atoms with Gasteiger partial charge in [0, 0.05) is 17.1 Å². The highest BCUT2D eigenvalue weighted by atomic mass is 79.9. The molecule has 2 N–H and O–H groups in total. The Balaban J connectivity index is 1.72. The summed E-state index contributed by atoms with van der Waals surface area (Å²) in [6, 6.07) is 15.1. The number of halogens is 3. The van der Waals surface area contributed by atoms with Crippen LogP contribution in [0.15, 0.2) is 65.3 Å². The van der Waals surface area contributed by atoms with Gasteiger partial charge < -0.3 is 10.3 Å². The Kier molecular flexibility index (Phi) is 6.32. The van der Waals surface area contributed by atoms with Crippen LogP contribution in [0.3, 0.4) is 0 Å². The maximum Gasteiger partial charge on any atom is 0.221 e. The SMILES string of the molecule is C[C@H](c1ccc(Br)cc1)C(Cc1nc2cccnc2n1Cc1ccc(F)c(F)c1)C(N)=O. The summed E-state index contributed by atoms with van der Waals surface area (Å²) >= 11 is 3.42. The number of primary amides is 1. The molecule has 2 atom stereocenters. The maximum absolute atomic E-state index is 13.8. The molecule has 1 unspecified atom stereocenters. The van der Waals surface area contributed by atoms with E-state index in [1.54, 1.807) is 12.3 Å². The Morgan fingerprint density at radius 1 is 1.12 bits per heavy atom. The molecule has 32 heavy (non-hydrogen) atoms. The summed E-state index contributed by atoms with van der Waals surface area (Å²) in [5.41, 5.74) is 8.60. The van der Waals surface area contributed by atoms with Gasteiger partial charge in [-0.25, -0.2) is 18.7 Å². The van der Waals surface area contributed by atoms with E-state index in [0.717, 1.165) is 22.2 Å². The Morgan fingerprint density at radius 3 is 2.56 bits per heavy atom. The summed E-state index contributed by atoms with van der Waals surface area (Å²) in [6.45, 7) is 2.19. The number of nitrogens with two attached hydrogens (primary N) is 1. The molecule has 0 aliphatic carbocycles. The predicted octanol–water partition coefficient (Wildman–Crippen LogP) is 4.97. The fourth-order valence-corrected chi connectivity index (χ4v) is 4.13. The van der Waals surface area contributed by atoms with Crippen molar-refractivity contribution in [1.29, 1.82) is 0 Å². The second-order valence-electron chi connectivity index (χ2n) is 7.76. The van der Waals surface area contributed by atoms with Gasteiger partial charge in [-0.15, -0.1) is 0 Å². The average Bonchev–Trinajstić information content (AvgIpc) is 3.11. The Hall–Kier alpha value is -3.13. The third-order valence-electron chi connectivity index (χ3n) is 5.67. The maximum atomic E-state index is 13.8. The molecule has 0 spiro atoms. The van der Waals surface area contributed by atoms with Gasteiger partial charge in [0.2, 0.25) is 5.91 Å². The third kappa shape index (κ3) is 4.55. The van der Waals surface area contributed by atoms with Crippen LogP contribution in [0.4, 0.5) is 8.78 Å². The van der Waals surface area contributed by atoms with Gasteiger partial charge in [0.25, 0.3) is 0 Å². The normalized spacial score (nSPS) is 13.2. The molecule has 2 aromatic heterocycles. The first kappa shape index (κ1) is 22.1.